The number of anilines is 1. The molecule has 0 aliphatic rings. The lowest BCUT2D eigenvalue weighted by Gasteiger charge is -2.09. The van der Waals surface area contributed by atoms with E-state index in [0.29, 0.717) is 17.0 Å². The van der Waals surface area contributed by atoms with Crippen LogP contribution in [0.15, 0.2) is 24.3 Å². The molecule has 1 heterocycles. The third-order valence-corrected chi connectivity index (χ3v) is 5.25. The van der Waals surface area contributed by atoms with E-state index in [1.165, 1.54) is 7.11 Å². The van der Waals surface area contributed by atoms with E-state index < -0.39 is 11.9 Å². The summed E-state index contributed by atoms with van der Waals surface area (Å²) >= 11 is 0.997. The van der Waals surface area contributed by atoms with Gasteiger partial charge < -0.3 is 14.8 Å². The van der Waals surface area contributed by atoms with E-state index in [4.69, 9.17) is 9.47 Å². The van der Waals surface area contributed by atoms with E-state index in [2.05, 4.69) is 19.2 Å². The first-order chi connectivity index (χ1) is 12.8. The maximum absolute atomic E-state index is 12.6. The molecule has 0 radical (unpaired) electrons. The van der Waals surface area contributed by atoms with Crippen LogP contribution in [0.4, 0.5) is 5.00 Å². The normalized spacial score (nSPS) is 10.6. The molecule has 0 unspecified atom stereocenters. The Kier molecular flexibility index (Phi) is 6.74. The fourth-order valence-corrected chi connectivity index (χ4v) is 3.64. The molecule has 1 amide bonds. The number of methoxy groups -OCH3 is 1. The highest BCUT2D eigenvalue weighted by molar-refractivity contribution is 7.18. The van der Waals surface area contributed by atoms with Gasteiger partial charge in [-0.2, -0.15) is 0 Å². The Labute approximate surface area is 162 Å². The minimum atomic E-state index is -0.591. The summed E-state index contributed by atoms with van der Waals surface area (Å²) in [5.74, 6) is -1.16. The van der Waals surface area contributed by atoms with Crippen LogP contribution in [0.3, 0.4) is 0 Å². The van der Waals surface area contributed by atoms with Gasteiger partial charge in [0.1, 0.15) is 9.88 Å². The first-order valence-corrected chi connectivity index (χ1v) is 9.41. The lowest BCUT2D eigenvalue weighted by molar-refractivity contribution is 0.0527. The van der Waals surface area contributed by atoms with Crippen molar-refractivity contribution in [2.45, 2.75) is 33.6 Å². The summed E-state index contributed by atoms with van der Waals surface area (Å²) in [4.78, 5) is 37.2. The molecule has 1 N–H and O–H groups in total. The zero-order valence-electron chi connectivity index (χ0n) is 16.0. The summed E-state index contributed by atoms with van der Waals surface area (Å²) in [7, 11) is 1.26. The summed E-state index contributed by atoms with van der Waals surface area (Å²) in [5, 5.41) is 2.99. The quantitative estimate of drug-likeness (QED) is 0.741. The monoisotopic (exact) mass is 389 g/mol. The van der Waals surface area contributed by atoms with E-state index in [9.17, 15) is 14.4 Å². The number of hydrogen-bond donors (Lipinski definition) is 1. The summed E-state index contributed by atoms with van der Waals surface area (Å²) in [6.07, 6.45) is 0. The lowest BCUT2D eigenvalue weighted by Crippen LogP contribution is -2.15. The fraction of sp³-hybridized carbons (Fsp3) is 0.350. The molecule has 0 fully saturated rings. The van der Waals surface area contributed by atoms with Gasteiger partial charge in [-0.15, -0.1) is 11.3 Å². The van der Waals surface area contributed by atoms with Crippen LogP contribution in [0, 0.1) is 6.92 Å². The number of amides is 1. The van der Waals surface area contributed by atoms with Crippen molar-refractivity contribution in [2.24, 2.45) is 0 Å². The second-order valence-corrected chi connectivity index (χ2v) is 7.22. The Bertz CT molecular complexity index is 852. The van der Waals surface area contributed by atoms with Crippen molar-refractivity contribution in [1.29, 1.82) is 0 Å². The molecule has 0 saturated heterocycles. The Hall–Kier alpha value is -2.67. The average Bonchev–Trinajstić information content (AvgIpc) is 2.97. The molecular weight excluding hydrogens is 366 g/mol. The molecule has 0 aliphatic heterocycles. The topological polar surface area (TPSA) is 81.7 Å². The van der Waals surface area contributed by atoms with Crippen molar-refractivity contribution in [3.05, 3.63) is 51.4 Å². The largest absolute Gasteiger partial charge is 0.465 e. The predicted molar refractivity (Wildman–Crippen MR) is 105 cm³/mol. The third kappa shape index (κ3) is 4.54. The van der Waals surface area contributed by atoms with Gasteiger partial charge in [-0.05, 0) is 43.0 Å². The van der Waals surface area contributed by atoms with Gasteiger partial charge in [-0.25, -0.2) is 9.59 Å². The van der Waals surface area contributed by atoms with E-state index in [1.54, 1.807) is 26.0 Å². The van der Waals surface area contributed by atoms with Crippen LogP contribution in [0.5, 0.6) is 0 Å². The Balaban J connectivity index is 2.37. The second kappa shape index (κ2) is 8.81. The van der Waals surface area contributed by atoms with Crippen molar-refractivity contribution in [1.82, 2.24) is 0 Å². The van der Waals surface area contributed by atoms with E-state index in [1.807, 2.05) is 12.1 Å². The minimum absolute atomic E-state index is 0.175. The number of carbonyl (C=O) groups is 3. The summed E-state index contributed by atoms with van der Waals surface area (Å²) in [6.45, 7) is 7.65. The standard InChI is InChI=1S/C20H23NO5S/c1-6-26-19(23)15-12(4)16(20(24)25-5)27-18(15)21-17(22)14-9-7-13(8-10-14)11(2)3/h7-11H,6H2,1-5H3,(H,21,22). The van der Waals surface area contributed by atoms with Gasteiger partial charge in [0.2, 0.25) is 0 Å². The molecule has 1 aromatic heterocycles. The summed E-state index contributed by atoms with van der Waals surface area (Å²) in [5.41, 5.74) is 2.18. The van der Waals surface area contributed by atoms with Crippen LogP contribution in [0.1, 0.15) is 68.2 Å². The Morgan fingerprint density at radius 1 is 1.11 bits per heavy atom. The van der Waals surface area contributed by atoms with Crippen LogP contribution >= 0.6 is 11.3 Å². The number of ether oxygens (including phenoxy) is 2. The number of carbonyl (C=O) groups excluding carboxylic acids is 3. The number of hydrogen-bond acceptors (Lipinski definition) is 6. The van der Waals surface area contributed by atoms with Gasteiger partial charge in [0.15, 0.2) is 0 Å². The maximum Gasteiger partial charge on any atom is 0.348 e. The van der Waals surface area contributed by atoms with Crippen molar-refractivity contribution < 1.29 is 23.9 Å². The lowest BCUT2D eigenvalue weighted by atomic mass is 10.0. The Morgan fingerprint density at radius 3 is 2.26 bits per heavy atom. The molecule has 144 valence electrons. The summed E-state index contributed by atoms with van der Waals surface area (Å²) < 4.78 is 9.83. The highest BCUT2D eigenvalue weighted by atomic mass is 32.1. The molecule has 0 spiro atoms. The number of rotatable bonds is 6. The van der Waals surface area contributed by atoms with Crippen molar-refractivity contribution in [2.75, 3.05) is 19.0 Å². The van der Waals surface area contributed by atoms with Crippen LogP contribution < -0.4 is 5.32 Å². The number of esters is 2. The zero-order valence-corrected chi connectivity index (χ0v) is 16.9. The first kappa shape index (κ1) is 20.6. The SMILES string of the molecule is CCOC(=O)c1c(NC(=O)c2ccc(C(C)C)cc2)sc(C(=O)OC)c1C. The molecule has 6 nitrogen and oxygen atoms in total. The zero-order chi connectivity index (χ0) is 20.1. The average molecular weight is 389 g/mol. The van der Waals surface area contributed by atoms with Gasteiger partial charge >= 0.3 is 11.9 Å². The maximum atomic E-state index is 12.6. The molecule has 7 heteroatoms. The number of nitrogens with one attached hydrogen (secondary N) is 1. The van der Waals surface area contributed by atoms with Gasteiger partial charge in [-0.1, -0.05) is 26.0 Å². The first-order valence-electron chi connectivity index (χ1n) is 8.60. The molecule has 0 bridgehead atoms. The van der Waals surface area contributed by atoms with Gasteiger partial charge in [0, 0.05) is 5.56 Å². The van der Waals surface area contributed by atoms with Gasteiger partial charge in [0.25, 0.3) is 5.91 Å². The molecule has 1 aromatic carbocycles. The highest BCUT2D eigenvalue weighted by Crippen LogP contribution is 2.34. The molecule has 27 heavy (non-hydrogen) atoms. The van der Waals surface area contributed by atoms with Crippen LogP contribution in [0.25, 0.3) is 0 Å². The highest BCUT2D eigenvalue weighted by Gasteiger charge is 2.27. The van der Waals surface area contributed by atoms with Crippen LogP contribution in [-0.4, -0.2) is 31.6 Å². The molecule has 0 atom stereocenters. The van der Waals surface area contributed by atoms with Crippen molar-refractivity contribution >= 4 is 34.2 Å². The molecule has 0 aliphatic carbocycles. The van der Waals surface area contributed by atoms with E-state index in [0.717, 1.165) is 16.9 Å². The van der Waals surface area contributed by atoms with Crippen molar-refractivity contribution in [3.8, 4) is 0 Å². The van der Waals surface area contributed by atoms with Gasteiger partial charge in [-0.3, -0.25) is 4.79 Å². The minimum Gasteiger partial charge on any atom is -0.465 e. The van der Waals surface area contributed by atoms with Crippen LogP contribution in [0.2, 0.25) is 0 Å². The number of benzene rings is 1. The second-order valence-electron chi connectivity index (χ2n) is 6.20. The number of thiophene rings is 1. The molecule has 2 rings (SSSR count). The molecule has 2 aromatic rings. The third-order valence-electron chi connectivity index (χ3n) is 4.06. The van der Waals surface area contributed by atoms with Crippen LogP contribution in [-0.2, 0) is 9.47 Å². The molecular formula is C20H23NO5S. The smallest absolute Gasteiger partial charge is 0.348 e. The predicted octanol–water partition coefficient (Wildman–Crippen LogP) is 4.40. The van der Waals surface area contributed by atoms with Crippen molar-refractivity contribution in [3.63, 3.8) is 0 Å². The molecule has 0 saturated carbocycles. The van der Waals surface area contributed by atoms with E-state index in [-0.39, 0.29) is 28.0 Å². The van der Waals surface area contributed by atoms with Gasteiger partial charge in [0.05, 0.1) is 19.3 Å². The summed E-state index contributed by atoms with van der Waals surface area (Å²) in [6, 6.07) is 7.25. The van der Waals surface area contributed by atoms with E-state index >= 15 is 0 Å². The fourth-order valence-electron chi connectivity index (χ4n) is 2.53. The Morgan fingerprint density at radius 2 is 1.74 bits per heavy atom.